The van der Waals surface area contributed by atoms with Crippen molar-refractivity contribution in [2.24, 2.45) is 5.73 Å². The third-order valence-corrected chi connectivity index (χ3v) is 4.59. The summed E-state index contributed by atoms with van der Waals surface area (Å²) in [5.74, 6) is 0. The molecule has 2 heterocycles. The Morgan fingerprint density at radius 2 is 2.05 bits per heavy atom. The smallest absolute Gasteiger partial charge is 0.0867 e. The summed E-state index contributed by atoms with van der Waals surface area (Å²) in [5.41, 5.74) is 11.5. The molecule has 1 aromatic carbocycles. The highest BCUT2D eigenvalue weighted by atomic mass is 127. The molecule has 0 fully saturated rings. The first-order valence-electron chi connectivity index (χ1n) is 7.62. The molecule has 0 amide bonds. The molecule has 0 bridgehead atoms. The normalized spacial score (nSPS) is 11.2. The van der Waals surface area contributed by atoms with Crippen LogP contribution in [-0.4, -0.2) is 16.5 Å². The van der Waals surface area contributed by atoms with E-state index in [0.29, 0.717) is 0 Å². The lowest BCUT2D eigenvalue weighted by molar-refractivity contribution is 0.748. The molecule has 2 aromatic heterocycles. The van der Waals surface area contributed by atoms with Gasteiger partial charge in [0.25, 0.3) is 0 Å². The number of halogens is 1. The second-order valence-corrected chi connectivity index (χ2v) is 6.88. The molecule has 4 heteroatoms. The molecule has 3 N–H and O–H groups in total. The van der Waals surface area contributed by atoms with Crippen LogP contribution in [0.4, 0.5) is 0 Å². The van der Waals surface area contributed by atoms with E-state index in [9.17, 15) is 0 Å². The molecule has 0 aliphatic heterocycles. The Bertz CT molecular complexity index is 775. The van der Waals surface area contributed by atoms with Crippen molar-refractivity contribution in [3.05, 3.63) is 51.2 Å². The number of aromatic amines is 1. The van der Waals surface area contributed by atoms with Crippen LogP contribution in [0, 0.1) is 10.5 Å². The topological polar surface area (TPSA) is 54.7 Å². The number of nitrogens with two attached hydrogens (primary N) is 1. The fraction of sp³-hybridized carbons (Fsp3) is 0.278. The highest BCUT2D eigenvalue weighted by Gasteiger charge is 2.14. The number of pyridine rings is 1. The molecule has 0 radical (unpaired) electrons. The third-order valence-electron chi connectivity index (χ3n) is 3.92. The van der Waals surface area contributed by atoms with Crippen LogP contribution >= 0.6 is 22.6 Å². The summed E-state index contributed by atoms with van der Waals surface area (Å²) in [6.07, 6.45) is 5.11. The Kier molecular flexibility index (Phi) is 4.78. The molecule has 3 aromatic rings. The summed E-state index contributed by atoms with van der Waals surface area (Å²) in [7, 11) is 0. The summed E-state index contributed by atoms with van der Waals surface area (Å²) >= 11 is 2.37. The zero-order valence-electron chi connectivity index (χ0n) is 12.7. The monoisotopic (exact) mass is 405 g/mol. The largest absolute Gasteiger partial charge is 0.353 e. The molecule has 0 aliphatic rings. The standard InChI is InChI=1S/C18H20IN3/c1-12-5-7-17(21-11-12)18-14(4-2-3-9-20)15-10-13(19)6-8-16(15)22-18/h5-8,10-11,22H,2-4,9,20H2,1H3. The lowest BCUT2D eigenvalue weighted by Crippen LogP contribution is -1.99. The Morgan fingerprint density at radius 3 is 2.77 bits per heavy atom. The van der Waals surface area contributed by atoms with Gasteiger partial charge in [-0.05, 0) is 90.7 Å². The van der Waals surface area contributed by atoms with E-state index in [-0.39, 0.29) is 0 Å². The van der Waals surface area contributed by atoms with Gasteiger partial charge in [0.05, 0.1) is 11.4 Å². The van der Waals surface area contributed by atoms with Crippen LogP contribution < -0.4 is 5.73 Å². The molecule has 0 aliphatic carbocycles. The van der Waals surface area contributed by atoms with Crippen molar-refractivity contribution in [1.29, 1.82) is 0 Å². The summed E-state index contributed by atoms with van der Waals surface area (Å²) in [6.45, 7) is 2.81. The summed E-state index contributed by atoms with van der Waals surface area (Å²) in [4.78, 5) is 8.15. The molecule has 3 nitrogen and oxygen atoms in total. The average molecular weight is 405 g/mol. The van der Waals surface area contributed by atoms with Crippen LogP contribution in [0.3, 0.4) is 0 Å². The van der Waals surface area contributed by atoms with Gasteiger partial charge >= 0.3 is 0 Å². The minimum absolute atomic E-state index is 0.748. The first-order valence-corrected chi connectivity index (χ1v) is 8.70. The minimum Gasteiger partial charge on any atom is -0.353 e. The number of benzene rings is 1. The van der Waals surface area contributed by atoms with Crippen LogP contribution in [0.25, 0.3) is 22.3 Å². The van der Waals surface area contributed by atoms with Crippen LogP contribution in [0.15, 0.2) is 36.5 Å². The van der Waals surface area contributed by atoms with E-state index in [1.54, 1.807) is 0 Å². The highest BCUT2D eigenvalue weighted by Crippen LogP contribution is 2.31. The van der Waals surface area contributed by atoms with Crippen molar-refractivity contribution in [3.63, 3.8) is 0 Å². The number of unbranched alkanes of at least 4 members (excludes halogenated alkanes) is 1. The second kappa shape index (κ2) is 6.79. The quantitative estimate of drug-likeness (QED) is 0.488. The van der Waals surface area contributed by atoms with Crippen LogP contribution in [0.2, 0.25) is 0 Å². The van der Waals surface area contributed by atoms with E-state index >= 15 is 0 Å². The van der Waals surface area contributed by atoms with E-state index in [1.807, 2.05) is 6.20 Å². The second-order valence-electron chi connectivity index (χ2n) is 5.64. The average Bonchev–Trinajstić information content (AvgIpc) is 2.86. The molecule has 0 saturated carbocycles. The lowest BCUT2D eigenvalue weighted by atomic mass is 10.0. The molecule has 0 unspecified atom stereocenters. The van der Waals surface area contributed by atoms with Crippen molar-refractivity contribution in [3.8, 4) is 11.4 Å². The van der Waals surface area contributed by atoms with Gasteiger partial charge in [-0.25, -0.2) is 0 Å². The van der Waals surface area contributed by atoms with Crippen molar-refractivity contribution < 1.29 is 0 Å². The van der Waals surface area contributed by atoms with Gasteiger partial charge < -0.3 is 10.7 Å². The van der Waals surface area contributed by atoms with Gasteiger partial charge in [0.15, 0.2) is 0 Å². The number of hydrogen-bond acceptors (Lipinski definition) is 2. The minimum atomic E-state index is 0.748. The Balaban J connectivity index is 2.10. The van der Waals surface area contributed by atoms with Gasteiger partial charge in [0, 0.05) is 20.7 Å². The predicted octanol–water partition coefficient (Wildman–Crippen LogP) is 4.42. The first-order chi connectivity index (χ1) is 10.7. The van der Waals surface area contributed by atoms with Crippen molar-refractivity contribution in [1.82, 2.24) is 9.97 Å². The maximum absolute atomic E-state index is 5.65. The summed E-state index contributed by atoms with van der Waals surface area (Å²) in [5, 5.41) is 1.31. The van der Waals surface area contributed by atoms with Gasteiger partial charge in [0.2, 0.25) is 0 Å². The fourth-order valence-electron chi connectivity index (χ4n) is 2.76. The van der Waals surface area contributed by atoms with E-state index in [0.717, 1.165) is 37.2 Å². The number of hydrogen-bond donors (Lipinski definition) is 2. The van der Waals surface area contributed by atoms with E-state index in [2.05, 4.69) is 69.8 Å². The SMILES string of the molecule is Cc1ccc(-c2[nH]c3ccc(I)cc3c2CCCCN)nc1. The molecule has 0 spiro atoms. The van der Waals surface area contributed by atoms with Gasteiger partial charge in [-0.3, -0.25) is 4.98 Å². The molecular formula is C18H20IN3. The van der Waals surface area contributed by atoms with Gasteiger partial charge in [-0.1, -0.05) is 6.07 Å². The number of nitrogens with zero attached hydrogens (tertiary/aromatic N) is 1. The number of fused-ring (bicyclic) bond motifs is 1. The van der Waals surface area contributed by atoms with Crippen molar-refractivity contribution in [2.45, 2.75) is 26.2 Å². The van der Waals surface area contributed by atoms with Gasteiger partial charge in [0.1, 0.15) is 0 Å². The number of aromatic nitrogens is 2. The zero-order valence-corrected chi connectivity index (χ0v) is 14.9. The Morgan fingerprint density at radius 1 is 1.18 bits per heavy atom. The molecule has 22 heavy (non-hydrogen) atoms. The maximum atomic E-state index is 5.65. The molecule has 3 rings (SSSR count). The maximum Gasteiger partial charge on any atom is 0.0867 e. The molecular weight excluding hydrogens is 385 g/mol. The number of H-pyrrole nitrogens is 1. The number of nitrogens with one attached hydrogen (secondary N) is 1. The first kappa shape index (κ1) is 15.5. The third kappa shape index (κ3) is 3.17. The number of aryl methyl sites for hydroxylation is 2. The van der Waals surface area contributed by atoms with Crippen LogP contribution in [0.5, 0.6) is 0 Å². The molecule has 0 saturated heterocycles. The van der Waals surface area contributed by atoms with Crippen LogP contribution in [0.1, 0.15) is 24.0 Å². The van der Waals surface area contributed by atoms with E-state index < -0.39 is 0 Å². The van der Waals surface area contributed by atoms with E-state index in [4.69, 9.17) is 5.73 Å². The van der Waals surface area contributed by atoms with Crippen molar-refractivity contribution in [2.75, 3.05) is 6.54 Å². The summed E-state index contributed by atoms with van der Waals surface area (Å²) in [6, 6.07) is 10.7. The number of rotatable bonds is 5. The predicted molar refractivity (Wildman–Crippen MR) is 101 cm³/mol. The summed E-state index contributed by atoms with van der Waals surface area (Å²) < 4.78 is 1.26. The molecule has 114 valence electrons. The zero-order chi connectivity index (χ0) is 15.5. The Labute approximate surface area is 144 Å². The van der Waals surface area contributed by atoms with Crippen LogP contribution in [-0.2, 0) is 6.42 Å². The fourth-order valence-corrected chi connectivity index (χ4v) is 3.25. The Hall–Kier alpha value is -1.40. The lowest BCUT2D eigenvalue weighted by Gasteiger charge is -2.05. The van der Waals surface area contributed by atoms with E-state index in [1.165, 1.54) is 25.6 Å². The molecule has 0 atom stereocenters. The van der Waals surface area contributed by atoms with Gasteiger partial charge in [-0.2, -0.15) is 0 Å². The van der Waals surface area contributed by atoms with Crippen molar-refractivity contribution >= 4 is 33.5 Å². The van der Waals surface area contributed by atoms with Gasteiger partial charge in [-0.15, -0.1) is 0 Å². The highest BCUT2D eigenvalue weighted by molar-refractivity contribution is 14.1.